The number of aromatic amines is 1. The topological polar surface area (TPSA) is 134 Å². The van der Waals surface area contributed by atoms with E-state index in [1.807, 2.05) is 0 Å². The third kappa shape index (κ3) is 2.17. The molecule has 0 unspecified atom stereocenters. The number of aromatic nitrogens is 1. The minimum Gasteiger partial charge on any atom is -0.480 e. The molecule has 3 heterocycles. The Hall–Kier alpha value is -2.14. The van der Waals surface area contributed by atoms with Gasteiger partial charge in [0.2, 0.25) is 11.8 Å². The van der Waals surface area contributed by atoms with E-state index in [0.717, 1.165) is 16.2 Å². The number of hydrogen-bond donors (Lipinski definition) is 2. The number of carboxylic acid groups (broad SMARTS) is 1. The molecule has 2 bridgehead atoms. The van der Waals surface area contributed by atoms with Crippen molar-refractivity contribution in [3.8, 4) is 0 Å². The van der Waals surface area contributed by atoms with E-state index < -0.39 is 48.1 Å². The van der Waals surface area contributed by atoms with Crippen LogP contribution in [0.5, 0.6) is 0 Å². The maximum atomic E-state index is 12.9. The lowest BCUT2D eigenvalue weighted by Crippen LogP contribution is -2.44. The van der Waals surface area contributed by atoms with Crippen molar-refractivity contribution < 1.29 is 29.0 Å². The van der Waals surface area contributed by atoms with E-state index in [1.165, 1.54) is 18.9 Å². The molecular formula is C17H16N2O7S2. The van der Waals surface area contributed by atoms with Gasteiger partial charge in [-0.15, -0.1) is 11.8 Å². The quantitative estimate of drug-likeness (QED) is 0.516. The van der Waals surface area contributed by atoms with Crippen LogP contribution in [0.1, 0.15) is 17.2 Å². The van der Waals surface area contributed by atoms with Crippen LogP contribution < -0.4 is 4.87 Å². The minimum atomic E-state index is -1.23. The minimum absolute atomic E-state index is 0.102. The van der Waals surface area contributed by atoms with Gasteiger partial charge in [0, 0.05) is 5.25 Å². The molecule has 0 aromatic carbocycles. The summed E-state index contributed by atoms with van der Waals surface area (Å²) in [5, 5.41) is 9.58. The number of hydrogen-bond acceptors (Lipinski definition) is 8. The molecule has 2 N–H and O–H groups in total. The van der Waals surface area contributed by atoms with Gasteiger partial charge < -0.3 is 14.8 Å². The number of aliphatic carboxylic acids is 1. The zero-order valence-electron chi connectivity index (χ0n) is 14.6. The van der Waals surface area contributed by atoms with Crippen LogP contribution >= 0.6 is 23.1 Å². The summed E-state index contributed by atoms with van der Waals surface area (Å²) in [6.07, 6.45) is 0.642. The number of carbonyl (C=O) groups excluding carboxylic acids is 3. The summed E-state index contributed by atoms with van der Waals surface area (Å²) in [6, 6.07) is 0. The molecule has 2 aliphatic heterocycles. The number of esters is 1. The van der Waals surface area contributed by atoms with Crippen LogP contribution in [0.3, 0.4) is 0 Å². The number of carbonyl (C=O) groups is 4. The summed E-state index contributed by atoms with van der Waals surface area (Å²) in [4.78, 5) is 65.2. The molecule has 28 heavy (non-hydrogen) atoms. The van der Waals surface area contributed by atoms with Gasteiger partial charge >= 0.3 is 16.8 Å². The number of nitrogens with one attached hydrogen (secondary N) is 1. The average Bonchev–Trinajstić information content (AvgIpc) is 3.36. The molecule has 2 amide bonds. The molecule has 2 saturated carbocycles. The maximum Gasteiger partial charge on any atom is 0.323 e. The fourth-order valence-corrected chi connectivity index (χ4v) is 8.61. The highest BCUT2D eigenvalue weighted by Gasteiger charge is 2.70. The van der Waals surface area contributed by atoms with Crippen molar-refractivity contribution in [3.05, 3.63) is 14.5 Å². The number of likely N-dealkylation sites (tertiary alicyclic amines) is 1. The van der Waals surface area contributed by atoms with Crippen molar-refractivity contribution in [2.24, 2.45) is 29.6 Å². The Morgan fingerprint density at radius 3 is 2.54 bits per heavy atom. The molecule has 9 nitrogen and oxygen atoms in total. The van der Waals surface area contributed by atoms with Crippen LogP contribution in [-0.2, 0) is 23.9 Å². The van der Waals surface area contributed by atoms with E-state index in [2.05, 4.69) is 4.98 Å². The van der Waals surface area contributed by atoms with Crippen LogP contribution in [0, 0.1) is 29.6 Å². The van der Waals surface area contributed by atoms with Crippen molar-refractivity contribution in [1.29, 1.82) is 0 Å². The summed E-state index contributed by atoms with van der Waals surface area (Å²) in [5.41, 5.74) is 0. The van der Waals surface area contributed by atoms with Crippen molar-refractivity contribution in [2.45, 2.75) is 22.6 Å². The molecule has 5 rings (SSSR count). The zero-order chi connectivity index (χ0) is 19.9. The lowest BCUT2D eigenvalue weighted by Gasteiger charge is -2.41. The predicted molar refractivity (Wildman–Crippen MR) is 95.8 cm³/mol. The Bertz CT molecular complexity index is 984. The number of thiazole rings is 1. The van der Waals surface area contributed by atoms with E-state index in [4.69, 9.17) is 9.84 Å². The summed E-state index contributed by atoms with van der Waals surface area (Å²) >= 11 is 2.44. The number of nitrogens with zero attached hydrogens (tertiary/aromatic N) is 1. The molecule has 148 valence electrons. The van der Waals surface area contributed by atoms with E-state index >= 15 is 0 Å². The second kappa shape index (κ2) is 5.93. The van der Waals surface area contributed by atoms with Gasteiger partial charge in [0.1, 0.15) is 6.54 Å². The second-order valence-corrected chi connectivity index (χ2v) is 9.84. The normalized spacial score (nSPS) is 37.6. The number of amides is 2. The average molecular weight is 424 g/mol. The number of imide groups is 1. The number of fused-ring (bicyclic) bond motifs is 9. The summed E-state index contributed by atoms with van der Waals surface area (Å²) in [5.74, 6) is -4.91. The van der Waals surface area contributed by atoms with Crippen molar-refractivity contribution in [1.82, 2.24) is 9.88 Å². The third-order valence-corrected chi connectivity index (χ3v) is 9.15. The summed E-state index contributed by atoms with van der Waals surface area (Å²) in [6.45, 7) is -0.631. The first-order valence-electron chi connectivity index (χ1n) is 8.88. The van der Waals surface area contributed by atoms with Gasteiger partial charge in [-0.3, -0.25) is 28.9 Å². The molecule has 7 atom stereocenters. The number of methoxy groups -OCH3 is 1. The van der Waals surface area contributed by atoms with E-state index in [-0.39, 0.29) is 27.9 Å². The van der Waals surface area contributed by atoms with Crippen LogP contribution in [0.25, 0.3) is 0 Å². The van der Waals surface area contributed by atoms with E-state index in [0.29, 0.717) is 16.3 Å². The third-order valence-electron chi connectivity index (χ3n) is 6.56. The zero-order valence-corrected chi connectivity index (χ0v) is 16.2. The standard InChI is InChI=1S/C17H16N2O7S2/c1-26-16(24)10-7-4-2-5(11(7)27-13-12(10)28-17(25)18-13)9-8(4)14(22)19(15(9)23)3-6(20)21/h4-5,7-11H,2-3H2,1H3,(H,18,25)(H,20,21)/t4-,5+,7+,8+,9-,10+,11-/m1/s1. The smallest absolute Gasteiger partial charge is 0.323 e. The molecule has 2 aliphatic carbocycles. The molecule has 0 radical (unpaired) electrons. The monoisotopic (exact) mass is 424 g/mol. The number of rotatable bonds is 3. The van der Waals surface area contributed by atoms with Crippen LogP contribution in [0.2, 0.25) is 0 Å². The Morgan fingerprint density at radius 1 is 1.21 bits per heavy atom. The number of thioether (sulfide) groups is 1. The Kier molecular flexibility index (Phi) is 3.80. The van der Waals surface area contributed by atoms with Gasteiger partial charge in [-0.1, -0.05) is 11.3 Å². The molecule has 1 aromatic heterocycles. The molecule has 1 saturated heterocycles. The van der Waals surface area contributed by atoms with Gasteiger partial charge in [-0.05, 0) is 24.2 Å². The molecule has 11 heteroatoms. The van der Waals surface area contributed by atoms with Gasteiger partial charge in [-0.2, -0.15) is 0 Å². The molecular weight excluding hydrogens is 408 g/mol. The highest BCUT2D eigenvalue weighted by Crippen LogP contribution is 2.67. The van der Waals surface area contributed by atoms with Crippen LogP contribution in [0.15, 0.2) is 9.82 Å². The lowest BCUT2D eigenvalue weighted by molar-refractivity contribution is -0.150. The first kappa shape index (κ1) is 17.9. The Morgan fingerprint density at radius 2 is 1.89 bits per heavy atom. The van der Waals surface area contributed by atoms with E-state index in [1.54, 1.807) is 0 Å². The van der Waals surface area contributed by atoms with Crippen molar-refractivity contribution in [3.63, 3.8) is 0 Å². The molecule has 4 aliphatic rings. The van der Waals surface area contributed by atoms with Crippen LogP contribution in [0.4, 0.5) is 0 Å². The predicted octanol–water partition coefficient (Wildman–Crippen LogP) is 0.119. The number of carboxylic acids is 1. The maximum absolute atomic E-state index is 12.9. The highest BCUT2D eigenvalue weighted by molar-refractivity contribution is 8.00. The Balaban J connectivity index is 1.57. The van der Waals surface area contributed by atoms with E-state index in [9.17, 15) is 24.0 Å². The largest absolute Gasteiger partial charge is 0.480 e. The molecule has 1 aromatic rings. The van der Waals surface area contributed by atoms with Crippen molar-refractivity contribution in [2.75, 3.05) is 13.7 Å². The van der Waals surface area contributed by atoms with Crippen molar-refractivity contribution >= 4 is 46.9 Å². The molecule has 0 spiro atoms. The van der Waals surface area contributed by atoms with Crippen LogP contribution in [-0.4, -0.2) is 57.6 Å². The summed E-state index contributed by atoms with van der Waals surface area (Å²) in [7, 11) is 1.29. The fraction of sp³-hybridized carbons (Fsp3) is 0.588. The van der Waals surface area contributed by atoms with Gasteiger partial charge in [-0.25, -0.2) is 0 Å². The first-order valence-corrected chi connectivity index (χ1v) is 10.6. The lowest BCUT2D eigenvalue weighted by atomic mass is 9.69. The number of H-pyrrole nitrogens is 1. The van der Waals surface area contributed by atoms with Gasteiger partial charge in [0.05, 0.1) is 34.8 Å². The number of ether oxygens (including phenoxy) is 1. The second-order valence-electron chi connectivity index (χ2n) is 7.64. The van der Waals surface area contributed by atoms with Gasteiger partial charge in [0.25, 0.3) is 0 Å². The van der Waals surface area contributed by atoms with Gasteiger partial charge in [0.15, 0.2) is 0 Å². The fourth-order valence-electron chi connectivity index (χ4n) is 5.76. The SMILES string of the molecule is COC(=O)[C@@H]1c2sc(=O)[nH]c2S[C@@H]2[C@H]3C[C@@H]([C@@H]4C(=O)N(CC(=O)O)C(=O)[C@H]34)[C@H]21. The summed E-state index contributed by atoms with van der Waals surface area (Å²) < 4.78 is 5.01. The molecule has 3 fully saturated rings. The first-order chi connectivity index (χ1) is 13.3. The Labute approximate surface area is 166 Å². The highest BCUT2D eigenvalue weighted by atomic mass is 32.2.